The molecule has 0 radical (unpaired) electrons. The molecule has 1 amide bonds. The van der Waals surface area contributed by atoms with Gasteiger partial charge in [-0.1, -0.05) is 0 Å². The first-order chi connectivity index (χ1) is 12.1. The fourth-order valence-corrected chi connectivity index (χ4v) is 3.50. The van der Waals surface area contributed by atoms with E-state index in [1.807, 2.05) is 54.9 Å². The maximum atomic E-state index is 13.2. The highest BCUT2D eigenvalue weighted by molar-refractivity contribution is 5.97. The molecule has 4 rings (SSSR count). The molecule has 7 nitrogen and oxygen atoms in total. The van der Waals surface area contributed by atoms with Crippen molar-refractivity contribution in [2.45, 2.75) is 13.0 Å². The van der Waals surface area contributed by atoms with Crippen LogP contribution in [0.3, 0.4) is 0 Å². The van der Waals surface area contributed by atoms with Gasteiger partial charge in [-0.15, -0.1) is 0 Å². The number of pyridine rings is 1. The highest BCUT2D eigenvalue weighted by Gasteiger charge is 2.31. The number of hydrogen-bond acceptors (Lipinski definition) is 4. The van der Waals surface area contributed by atoms with Crippen molar-refractivity contribution in [1.82, 2.24) is 24.2 Å². The Morgan fingerprint density at radius 2 is 2.20 bits per heavy atom. The van der Waals surface area contributed by atoms with Gasteiger partial charge in [0.1, 0.15) is 0 Å². The molecule has 1 fully saturated rings. The van der Waals surface area contributed by atoms with Crippen molar-refractivity contribution in [3.05, 3.63) is 47.5 Å². The van der Waals surface area contributed by atoms with E-state index in [0.29, 0.717) is 25.3 Å². The molecule has 25 heavy (non-hydrogen) atoms. The molecule has 0 N–H and O–H groups in total. The Balaban J connectivity index is 1.71. The lowest BCUT2D eigenvalue weighted by Gasteiger charge is -2.36. The van der Waals surface area contributed by atoms with Crippen molar-refractivity contribution < 1.29 is 9.53 Å². The van der Waals surface area contributed by atoms with Crippen LogP contribution in [0, 0.1) is 6.92 Å². The summed E-state index contributed by atoms with van der Waals surface area (Å²) in [7, 11) is 3.84. The lowest BCUT2D eigenvalue weighted by Crippen LogP contribution is -2.44. The van der Waals surface area contributed by atoms with Gasteiger partial charge in [0, 0.05) is 44.1 Å². The maximum Gasteiger partial charge on any atom is 0.256 e. The second kappa shape index (κ2) is 6.00. The number of carbonyl (C=O) groups excluding carboxylic acids is 1. The van der Waals surface area contributed by atoms with E-state index in [2.05, 4.69) is 10.1 Å². The van der Waals surface area contributed by atoms with E-state index in [4.69, 9.17) is 4.74 Å². The number of ether oxygens (including phenoxy) is 1. The number of aromatic nitrogens is 4. The van der Waals surface area contributed by atoms with Crippen LogP contribution in [-0.2, 0) is 18.8 Å². The van der Waals surface area contributed by atoms with E-state index in [1.54, 1.807) is 10.9 Å². The summed E-state index contributed by atoms with van der Waals surface area (Å²) >= 11 is 0. The van der Waals surface area contributed by atoms with Crippen LogP contribution in [0.25, 0.3) is 11.0 Å². The van der Waals surface area contributed by atoms with Crippen molar-refractivity contribution in [3.8, 4) is 0 Å². The molecule has 4 heterocycles. The number of morpholine rings is 1. The third kappa shape index (κ3) is 2.60. The molecule has 1 aliphatic heterocycles. The highest BCUT2D eigenvalue weighted by Crippen LogP contribution is 2.27. The topological polar surface area (TPSA) is 65.2 Å². The molecular formula is C18H21N5O2. The predicted molar refractivity (Wildman–Crippen MR) is 93.3 cm³/mol. The molecule has 3 aromatic rings. The Hall–Kier alpha value is -2.67. The monoisotopic (exact) mass is 339 g/mol. The lowest BCUT2D eigenvalue weighted by atomic mass is 10.1. The first-order valence-electron chi connectivity index (χ1n) is 8.35. The van der Waals surface area contributed by atoms with Crippen LogP contribution in [0.5, 0.6) is 0 Å². The van der Waals surface area contributed by atoms with Crippen molar-refractivity contribution in [1.29, 1.82) is 0 Å². The summed E-state index contributed by atoms with van der Waals surface area (Å²) in [5.41, 5.74) is 3.32. The molecule has 7 heteroatoms. The predicted octanol–water partition coefficient (Wildman–Crippen LogP) is 1.83. The molecule has 1 atom stereocenters. The molecule has 0 aliphatic carbocycles. The van der Waals surface area contributed by atoms with Crippen LogP contribution in [0.2, 0.25) is 0 Å². The smallest absolute Gasteiger partial charge is 0.256 e. The average Bonchev–Trinajstić information content (AvgIpc) is 3.17. The molecule has 1 saturated heterocycles. The summed E-state index contributed by atoms with van der Waals surface area (Å²) in [4.78, 5) is 19.5. The van der Waals surface area contributed by atoms with E-state index >= 15 is 0 Å². The van der Waals surface area contributed by atoms with Crippen molar-refractivity contribution in [2.24, 2.45) is 14.1 Å². The minimum Gasteiger partial charge on any atom is -0.377 e. The van der Waals surface area contributed by atoms with Crippen molar-refractivity contribution in [2.75, 3.05) is 19.8 Å². The van der Waals surface area contributed by atoms with Crippen LogP contribution in [0.4, 0.5) is 0 Å². The van der Waals surface area contributed by atoms with Crippen LogP contribution in [0.15, 0.2) is 30.6 Å². The first kappa shape index (κ1) is 15.8. The van der Waals surface area contributed by atoms with Gasteiger partial charge >= 0.3 is 0 Å². The minimum absolute atomic E-state index is 0.0212. The Labute approximate surface area is 145 Å². The number of aryl methyl sites for hydroxylation is 3. The fourth-order valence-electron chi connectivity index (χ4n) is 3.50. The summed E-state index contributed by atoms with van der Waals surface area (Å²) in [5.74, 6) is -0.0212. The van der Waals surface area contributed by atoms with E-state index in [-0.39, 0.29) is 11.9 Å². The molecule has 1 aliphatic rings. The lowest BCUT2D eigenvalue weighted by molar-refractivity contribution is -0.00464. The molecule has 0 unspecified atom stereocenters. The number of fused-ring (bicyclic) bond motifs is 1. The summed E-state index contributed by atoms with van der Waals surface area (Å²) in [6.07, 6.45) is 3.63. The van der Waals surface area contributed by atoms with E-state index < -0.39 is 0 Å². The minimum atomic E-state index is -0.0908. The van der Waals surface area contributed by atoms with E-state index in [9.17, 15) is 4.79 Å². The molecule has 0 aromatic carbocycles. The van der Waals surface area contributed by atoms with Gasteiger partial charge in [-0.05, 0) is 25.1 Å². The molecule has 0 saturated carbocycles. The number of hydrogen-bond donors (Lipinski definition) is 0. The zero-order valence-electron chi connectivity index (χ0n) is 14.6. The van der Waals surface area contributed by atoms with E-state index in [1.165, 1.54) is 0 Å². The Kier molecular flexibility index (Phi) is 3.80. The summed E-state index contributed by atoms with van der Waals surface area (Å²) in [6.45, 7) is 3.55. The fraction of sp³-hybridized carbons (Fsp3) is 0.389. The van der Waals surface area contributed by atoms with Gasteiger partial charge in [-0.3, -0.25) is 9.48 Å². The van der Waals surface area contributed by atoms with Gasteiger partial charge in [0.05, 0.1) is 30.5 Å². The van der Waals surface area contributed by atoms with Gasteiger partial charge < -0.3 is 14.2 Å². The number of nitrogens with zero attached hydrogens (tertiary/aromatic N) is 5. The largest absolute Gasteiger partial charge is 0.377 e. The van der Waals surface area contributed by atoms with Crippen LogP contribution in [-0.4, -0.2) is 49.9 Å². The second-order valence-electron chi connectivity index (χ2n) is 6.44. The molecule has 3 aromatic heterocycles. The first-order valence-corrected chi connectivity index (χ1v) is 8.35. The van der Waals surface area contributed by atoms with Crippen molar-refractivity contribution >= 4 is 16.9 Å². The van der Waals surface area contributed by atoms with Gasteiger partial charge in [0.2, 0.25) is 0 Å². The van der Waals surface area contributed by atoms with Gasteiger partial charge in [-0.25, -0.2) is 4.98 Å². The maximum absolute atomic E-state index is 13.2. The molecule has 0 spiro atoms. The van der Waals surface area contributed by atoms with Gasteiger partial charge in [-0.2, -0.15) is 5.10 Å². The second-order valence-corrected chi connectivity index (χ2v) is 6.44. The standard InChI is InChI=1S/C18H21N5O2/c1-12-14-9-13(10-19-17(14)22(3)20-12)18(24)23-7-8-25-11-16(23)15-5-4-6-21(15)2/h4-6,9-10,16H,7-8,11H2,1-3H3/t16-/m0/s1. The molecule has 130 valence electrons. The van der Waals surface area contributed by atoms with Crippen LogP contribution >= 0.6 is 0 Å². The summed E-state index contributed by atoms with van der Waals surface area (Å²) < 4.78 is 9.40. The zero-order chi connectivity index (χ0) is 17.6. The number of rotatable bonds is 2. The summed E-state index contributed by atoms with van der Waals surface area (Å²) in [5, 5.41) is 5.29. The molecule has 0 bridgehead atoms. The number of carbonyl (C=O) groups is 1. The highest BCUT2D eigenvalue weighted by atomic mass is 16.5. The third-order valence-electron chi connectivity index (χ3n) is 4.82. The number of amides is 1. The quantitative estimate of drug-likeness (QED) is 0.714. The summed E-state index contributed by atoms with van der Waals surface area (Å²) in [6, 6.07) is 5.82. The normalized spacial score (nSPS) is 18.0. The SMILES string of the molecule is Cc1nn(C)c2ncc(C(=O)N3CCOC[C@H]3c3cccn3C)cc12. The van der Waals surface area contributed by atoms with Crippen LogP contribution in [0.1, 0.15) is 27.8 Å². The third-order valence-corrected chi connectivity index (χ3v) is 4.82. The Morgan fingerprint density at radius 1 is 1.36 bits per heavy atom. The Morgan fingerprint density at radius 3 is 2.96 bits per heavy atom. The zero-order valence-corrected chi connectivity index (χ0v) is 14.6. The Bertz CT molecular complexity index is 942. The average molecular weight is 339 g/mol. The van der Waals surface area contributed by atoms with Gasteiger partial charge in [0.15, 0.2) is 5.65 Å². The molecular weight excluding hydrogens is 318 g/mol. The van der Waals surface area contributed by atoms with Gasteiger partial charge in [0.25, 0.3) is 5.91 Å². The van der Waals surface area contributed by atoms with Crippen molar-refractivity contribution in [3.63, 3.8) is 0 Å². The van der Waals surface area contributed by atoms with E-state index in [0.717, 1.165) is 22.4 Å². The van der Waals surface area contributed by atoms with Crippen LogP contribution < -0.4 is 0 Å².